The number of aliphatic hydroxyl groups is 1. The number of nitrogens with one attached hydrogen (secondary N) is 2. The zero-order chi connectivity index (χ0) is 41.2. The maximum Gasteiger partial charge on any atom is 0.328 e. The summed E-state index contributed by atoms with van der Waals surface area (Å²) < 4.78 is 6.00. The van der Waals surface area contributed by atoms with E-state index in [2.05, 4.69) is 85.2 Å². The van der Waals surface area contributed by atoms with Crippen LogP contribution in [0.2, 0.25) is 0 Å². The first-order valence-corrected chi connectivity index (χ1v) is 22.2. The van der Waals surface area contributed by atoms with Crippen molar-refractivity contribution < 1.29 is 34.1 Å². The van der Waals surface area contributed by atoms with Crippen molar-refractivity contribution in [2.45, 2.75) is 199 Å². The SMILES string of the molecule is CC/C=C\C/C=C\C/C=C\CCCCCCCCCC(=O)OC(CCC/C=C\C/C=C\CCCCC)CCCCCCCC(=O)NCC(=O)NC(CO)C(=O)O. The molecular formula is C47H80N2O7. The number of aliphatic carboxylic acids is 1. The molecule has 0 heterocycles. The van der Waals surface area contributed by atoms with Crippen molar-refractivity contribution in [3.63, 3.8) is 0 Å². The number of amides is 2. The lowest BCUT2D eigenvalue weighted by Crippen LogP contribution is -2.47. The number of hydrogen-bond acceptors (Lipinski definition) is 6. The maximum atomic E-state index is 12.8. The molecule has 0 bridgehead atoms. The van der Waals surface area contributed by atoms with Crippen molar-refractivity contribution in [1.82, 2.24) is 10.6 Å². The average Bonchev–Trinajstić information content (AvgIpc) is 3.18. The van der Waals surface area contributed by atoms with E-state index in [0.717, 1.165) is 103 Å². The zero-order valence-corrected chi connectivity index (χ0v) is 35.4. The first kappa shape index (κ1) is 52.5. The summed E-state index contributed by atoms with van der Waals surface area (Å²) in [6.07, 6.45) is 49.6. The minimum absolute atomic E-state index is 0.0640. The van der Waals surface area contributed by atoms with Gasteiger partial charge in [0.1, 0.15) is 12.1 Å². The Kier molecular flexibility index (Phi) is 38.6. The normalized spacial score (nSPS) is 13.1. The first-order valence-electron chi connectivity index (χ1n) is 22.2. The third-order valence-corrected chi connectivity index (χ3v) is 9.50. The predicted octanol–water partition coefficient (Wildman–Crippen LogP) is 10.9. The number of carboxylic acid groups (broad SMARTS) is 1. The largest absolute Gasteiger partial charge is 0.480 e. The summed E-state index contributed by atoms with van der Waals surface area (Å²) in [5, 5.41) is 22.5. The number of ether oxygens (including phenoxy) is 1. The van der Waals surface area contributed by atoms with Gasteiger partial charge >= 0.3 is 11.9 Å². The van der Waals surface area contributed by atoms with E-state index >= 15 is 0 Å². The van der Waals surface area contributed by atoms with Crippen LogP contribution in [0.3, 0.4) is 0 Å². The molecule has 2 unspecified atom stereocenters. The van der Waals surface area contributed by atoms with Gasteiger partial charge in [0, 0.05) is 12.8 Å². The molecule has 9 heteroatoms. The number of esters is 1. The molecule has 4 N–H and O–H groups in total. The molecule has 0 radical (unpaired) electrons. The van der Waals surface area contributed by atoms with Crippen molar-refractivity contribution in [3.05, 3.63) is 60.8 Å². The molecular weight excluding hydrogens is 705 g/mol. The quantitative estimate of drug-likeness (QED) is 0.0276. The van der Waals surface area contributed by atoms with Crippen molar-refractivity contribution in [1.29, 1.82) is 0 Å². The van der Waals surface area contributed by atoms with Crippen LogP contribution in [0.4, 0.5) is 0 Å². The molecule has 2 atom stereocenters. The smallest absolute Gasteiger partial charge is 0.328 e. The summed E-state index contributed by atoms with van der Waals surface area (Å²) in [5.41, 5.74) is 0. The van der Waals surface area contributed by atoms with Gasteiger partial charge in [0.05, 0.1) is 13.2 Å². The summed E-state index contributed by atoms with van der Waals surface area (Å²) in [5.74, 6) is -2.34. The van der Waals surface area contributed by atoms with E-state index < -0.39 is 24.5 Å². The van der Waals surface area contributed by atoms with Gasteiger partial charge < -0.3 is 25.6 Å². The Hall–Kier alpha value is -3.46. The summed E-state index contributed by atoms with van der Waals surface area (Å²) in [6, 6.07) is -1.39. The monoisotopic (exact) mass is 785 g/mol. The highest BCUT2D eigenvalue weighted by molar-refractivity contribution is 5.87. The van der Waals surface area contributed by atoms with Gasteiger partial charge in [-0.3, -0.25) is 14.4 Å². The van der Waals surface area contributed by atoms with E-state index in [9.17, 15) is 19.2 Å². The Morgan fingerprint density at radius 2 is 1.04 bits per heavy atom. The molecule has 0 spiro atoms. The van der Waals surface area contributed by atoms with E-state index in [4.69, 9.17) is 14.9 Å². The minimum atomic E-state index is -1.39. The number of rotatable bonds is 39. The van der Waals surface area contributed by atoms with Crippen molar-refractivity contribution >= 4 is 23.8 Å². The molecule has 0 aliphatic rings. The molecule has 0 aliphatic carbocycles. The van der Waals surface area contributed by atoms with E-state index in [1.807, 2.05) is 0 Å². The van der Waals surface area contributed by atoms with Gasteiger partial charge in [0.2, 0.25) is 11.8 Å². The van der Waals surface area contributed by atoms with Gasteiger partial charge in [-0.15, -0.1) is 0 Å². The van der Waals surface area contributed by atoms with Crippen molar-refractivity contribution in [2.24, 2.45) is 0 Å². The highest BCUT2D eigenvalue weighted by Crippen LogP contribution is 2.18. The van der Waals surface area contributed by atoms with Gasteiger partial charge in [0.25, 0.3) is 0 Å². The Balaban J connectivity index is 4.35. The standard InChI is InChI=1S/C47H80N2O7/c1-3-5-7-9-11-13-15-16-17-18-19-20-22-24-26-31-35-39-46(53)56-42(36-32-28-25-23-21-14-12-10-8-6-4-2)37-33-29-27-30-34-38-44(51)48-40-45(52)49-43(41-50)47(54)55/h5,7,11-14,16-17,23,25,42-43,50H,3-4,6,8-10,15,18-22,24,26-41H2,1-2H3,(H,48,51)(H,49,52)(H,54,55)/b7-5-,13-11-,14-12-,17-16-,25-23-. The first-order chi connectivity index (χ1) is 27.3. The summed E-state index contributed by atoms with van der Waals surface area (Å²) in [7, 11) is 0. The second kappa shape index (κ2) is 41.2. The highest BCUT2D eigenvalue weighted by Gasteiger charge is 2.19. The van der Waals surface area contributed by atoms with E-state index in [1.165, 1.54) is 51.4 Å². The number of aliphatic hydroxyl groups excluding tert-OH is 1. The average molecular weight is 785 g/mol. The molecule has 0 aliphatic heterocycles. The van der Waals surface area contributed by atoms with Crippen LogP contribution in [0.1, 0.15) is 187 Å². The van der Waals surface area contributed by atoms with Gasteiger partial charge in [-0.1, -0.05) is 139 Å². The fourth-order valence-corrected chi connectivity index (χ4v) is 6.12. The van der Waals surface area contributed by atoms with E-state index in [-0.39, 0.29) is 30.9 Å². The van der Waals surface area contributed by atoms with Gasteiger partial charge in [-0.05, 0) is 96.3 Å². The van der Waals surface area contributed by atoms with E-state index in [0.29, 0.717) is 12.8 Å². The Morgan fingerprint density at radius 1 is 0.554 bits per heavy atom. The van der Waals surface area contributed by atoms with Crippen LogP contribution in [0.15, 0.2) is 60.8 Å². The minimum Gasteiger partial charge on any atom is -0.480 e. The second-order valence-electron chi connectivity index (χ2n) is 14.7. The van der Waals surface area contributed by atoms with Crippen molar-refractivity contribution in [2.75, 3.05) is 13.2 Å². The third kappa shape index (κ3) is 37.5. The molecule has 0 rings (SSSR count). The van der Waals surface area contributed by atoms with Crippen LogP contribution in [-0.2, 0) is 23.9 Å². The fourth-order valence-electron chi connectivity index (χ4n) is 6.12. The molecule has 320 valence electrons. The number of carbonyl (C=O) groups is 4. The lowest BCUT2D eigenvalue weighted by Gasteiger charge is -2.18. The van der Waals surface area contributed by atoms with Crippen LogP contribution in [0.5, 0.6) is 0 Å². The molecule has 0 fully saturated rings. The number of carbonyl (C=O) groups excluding carboxylic acids is 3. The van der Waals surface area contributed by atoms with Gasteiger partial charge in [-0.25, -0.2) is 4.79 Å². The zero-order valence-electron chi connectivity index (χ0n) is 35.4. The molecule has 0 aromatic carbocycles. The molecule has 0 aromatic rings. The lowest BCUT2D eigenvalue weighted by atomic mass is 10.0. The molecule has 0 aromatic heterocycles. The highest BCUT2D eigenvalue weighted by atomic mass is 16.5. The molecule has 9 nitrogen and oxygen atoms in total. The number of hydrogen-bond donors (Lipinski definition) is 4. The molecule has 56 heavy (non-hydrogen) atoms. The van der Waals surface area contributed by atoms with Crippen LogP contribution in [0.25, 0.3) is 0 Å². The topological polar surface area (TPSA) is 142 Å². The van der Waals surface area contributed by atoms with Crippen LogP contribution < -0.4 is 10.6 Å². The predicted molar refractivity (Wildman–Crippen MR) is 231 cm³/mol. The molecule has 0 saturated heterocycles. The van der Waals surface area contributed by atoms with Gasteiger partial charge in [0.15, 0.2) is 0 Å². The third-order valence-electron chi connectivity index (χ3n) is 9.50. The molecule has 0 saturated carbocycles. The number of unbranched alkanes of at least 4 members (excludes halogenated alkanes) is 15. The van der Waals surface area contributed by atoms with Crippen LogP contribution >= 0.6 is 0 Å². The van der Waals surface area contributed by atoms with Crippen LogP contribution in [-0.4, -0.2) is 59.3 Å². The second-order valence-corrected chi connectivity index (χ2v) is 14.7. The lowest BCUT2D eigenvalue weighted by molar-refractivity contribution is -0.150. The number of carboxylic acids is 1. The maximum absolute atomic E-state index is 12.8. The Morgan fingerprint density at radius 3 is 1.61 bits per heavy atom. The van der Waals surface area contributed by atoms with Gasteiger partial charge in [-0.2, -0.15) is 0 Å². The van der Waals surface area contributed by atoms with E-state index in [1.54, 1.807) is 0 Å². The van der Waals surface area contributed by atoms with Crippen molar-refractivity contribution in [3.8, 4) is 0 Å². The summed E-state index contributed by atoms with van der Waals surface area (Å²) >= 11 is 0. The fraction of sp³-hybridized carbons (Fsp3) is 0.702. The number of allylic oxidation sites excluding steroid dienone is 10. The summed E-state index contributed by atoms with van der Waals surface area (Å²) in [4.78, 5) is 47.6. The Labute approximate surface area is 341 Å². The molecule has 2 amide bonds. The summed E-state index contributed by atoms with van der Waals surface area (Å²) in [6.45, 7) is 3.33. The Bertz CT molecular complexity index is 1130. The van der Waals surface area contributed by atoms with Crippen LogP contribution in [0, 0.1) is 0 Å².